The Morgan fingerprint density at radius 1 is 1.15 bits per heavy atom. The summed E-state index contributed by atoms with van der Waals surface area (Å²) in [6.45, 7) is 7.25. The predicted octanol–water partition coefficient (Wildman–Crippen LogP) is 6.24. The van der Waals surface area contributed by atoms with Crippen molar-refractivity contribution < 1.29 is 9.53 Å². The quantitative estimate of drug-likeness (QED) is 0.286. The van der Waals surface area contributed by atoms with Crippen molar-refractivity contribution in [2.45, 2.75) is 46.3 Å². The second kappa shape index (κ2) is 10.8. The minimum absolute atomic E-state index is 0.0381. The highest BCUT2D eigenvalue weighted by Gasteiger charge is 2.34. The van der Waals surface area contributed by atoms with Gasteiger partial charge in [-0.25, -0.2) is 9.97 Å². The number of thiazole rings is 1. The van der Waals surface area contributed by atoms with Gasteiger partial charge in [0.25, 0.3) is 5.91 Å². The minimum Gasteiger partial charge on any atom is -0.488 e. The molecule has 1 aliphatic heterocycles. The molecule has 2 aliphatic rings. The highest BCUT2D eigenvalue weighted by atomic mass is 32.1. The number of ether oxygens (including phenoxy) is 1. The van der Waals surface area contributed by atoms with E-state index in [-0.39, 0.29) is 5.91 Å². The fraction of sp³-hybridized carbons (Fsp3) is 0.387. The molecule has 1 saturated carbocycles. The number of fused-ring (bicyclic) bond motifs is 2. The maximum atomic E-state index is 12.9. The molecular formula is C31H35N5O2S. The van der Waals surface area contributed by atoms with E-state index in [2.05, 4.69) is 39.3 Å². The fourth-order valence-corrected chi connectivity index (χ4v) is 6.76. The molecule has 0 unspecified atom stereocenters. The highest BCUT2D eigenvalue weighted by molar-refractivity contribution is 7.14. The van der Waals surface area contributed by atoms with Crippen LogP contribution in [0.4, 0.5) is 5.13 Å². The Hall–Kier alpha value is -3.65. The first-order valence-corrected chi connectivity index (χ1v) is 14.6. The van der Waals surface area contributed by atoms with Gasteiger partial charge in [-0.15, -0.1) is 11.3 Å². The van der Waals surface area contributed by atoms with Crippen molar-refractivity contribution in [1.82, 2.24) is 19.9 Å². The third-order valence-corrected chi connectivity index (χ3v) is 8.94. The number of anilines is 1. The summed E-state index contributed by atoms with van der Waals surface area (Å²) in [5, 5.41) is 3.29. The molecule has 1 saturated heterocycles. The van der Waals surface area contributed by atoms with Crippen molar-refractivity contribution in [2.75, 3.05) is 25.0 Å². The van der Waals surface area contributed by atoms with Crippen molar-refractivity contribution >= 4 is 22.4 Å². The number of carbonyl (C=O) groups excluding carboxylic acids is 1. The van der Waals surface area contributed by atoms with Crippen LogP contribution in [0.2, 0.25) is 0 Å². The number of carbonyl (C=O) groups is 1. The number of imidazole rings is 1. The summed E-state index contributed by atoms with van der Waals surface area (Å²) in [6, 6.07) is 12.1. The molecule has 4 aromatic rings. The van der Waals surface area contributed by atoms with E-state index in [0.29, 0.717) is 18.7 Å². The molecule has 2 fully saturated rings. The molecule has 2 aromatic carbocycles. The van der Waals surface area contributed by atoms with Crippen LogP contribution in [-0.2, 0) is 13.2 Å². The number of rotatable bonds is 8. The van der Waals surface area contributed by atoms with Crippen LogP contribution in [0, 0.1) is 25.7 Å². The van der Waals surface area contributed by atoms with Crippen LogP contribution in [0.1, 0.15) is 52.1 Å². The van der Waals surface area contributed by atoms with Gasteiger partial charge in [-0.3, -0.25) is 4.79 Å². The molecule has 0 radical (unpaired) electrons. The number of nitrogens with zero attached hydrogens (tertiary/aromatic N) is 4. The van der Waals surface area contributed by atoms with Gasteiger partial charge in [-0.1, -0.05) is 17.7 Å². The van der Waals surface area contributed by atoms with Crippen molar-refractivity contribution in [2.24, 2.45) is 11.8 Å². The summed E-state index contributed by atoms with van der Waals surface area (Å²) >= 11 is 1.74. The van der Waals surface area contributed by atoms with E-state index in [9.17, 15) is 4.79 Å². The Bertz CT molecular complexity index is 1450. The van der Waals surface area contributed by atoms with Crippen LogP contribution in [0.25, 0.3) is 11.3 Å². The maximum absolute atomic E-state index is 12.9. The number of amides is 1. The van der Waals surface area contributed by atoms with Gasteiger partial charge in [-0.2, -0.15) is 0 Å². The Kier molecular flexibility index (Phi) is 7.12. The second-order valence-corrected chi connectivity index (χ2v) is 11.9. The third-order valence-electron chi connectivity index (χ3n) is 8.04. The summed E-state index contributed by atoms with van der Waals surface area (Å²) in [7, 11) is 1.79. The molecule has 0 spiro atoms. The highest BCUT2D eigenvalue weighted by Crippen LogP contribution is 2.40. The van der Waals surface area contributed by atoms with Crippen molar-refractivity contribution in [1.29, 1.82) is 0 Å². The zero-order valence-electron chi connectivity index (χ0n) is 22.8. The molecular weight excluding hydrogens is 506 g/mol. The number of aryl methyl sites for hydroxylation is 2. The molecule has 1 aliphatic carbocycles. The summed E-state index contributed by atoms with van der Waals surface area (Å²) in [4.78, 5) is 29.4. The Morgan fingerprint density at radius 3 is 2.72 bits per heavy atom. The smallest absolute Gasteiger partial charge is 0.254 e. The first-order valence-electron chi connectivity index (χ1n) is 13.7. The van der Waals surface area contributed by atoms with E-state index >= 15 is 0 Å². The van der Waals surface area contributed by atoms with Gasteiger partial charge in [0, 0.05) is 49.0 Å². The van der Waals surface area contributed by atoms with Crippen molar-refractivity contribution in [3.05, 3.63) is 82.3 Å². The molecule has 39 heavy (non-hydrogen) atoms. The molecule has 2 aromatic heterocycles. The van der Waals surface area contributed by atoms with Gasteiger partial charge in [0.1, 0.15) is 18.2 Å². The van der Waals surface area contributed by atoms with Gasteiger partial charge < -0.3 is 19.5 Å². The van der Waals surface area contributed by atoms with E-state index in [1.165, 1.54) is 24.8 Å². The molecule has 7 nitrogen and oxygen atoms in total. The number of aromatic nitrogens is 3. The molecule has 202 valence electrons. The minimum atomic E-state index is -0.0381. The first-order chi connectivity index (χ1) is 18.9. The lowest BCUT2D eigenvalue weighted by Crippen LogP contribution is -2.36. The predicted molar refractivity (Wildman–Crippen MR) is 155 cm³/mol. The van der Waals surface area contributed by atoms with Crippen LogP contribution < -0.4 is 9.64 Å². The summed E-state index contributed by atoms with van der Waals surface area (Å²) in [5.41, 5.74) is 5.92. The number of H-pyrrole nitrogens is 1. The Morgan fingerprint density at radius 2 is 1.97 bits per heavy atom. The fourth-order valence-electron chi connectivity index (χ4n) is 5.91. The second-order valence-electron chi connectivity index (χ2n) is 11.1. The van der Waals surface area contributed by atoms with Gasteiger partial charge in [0.05, 0.1) is 12.2 Å². The van der Waals surface area contributed by atoms with E-state index < -0.39 is 0 Å². The SMILES string of the molecule is Cc1ccc(OCc2ccc(C(=O)N(C)Cc3ncc[nH]3)cc2C)c(-c2csc(N3C[C@@H]4CC[C@@H](C4)C3)n2)c1. The van der Waals surface area contributed by atoms with Crippen LogP contribution >= 0.6 is 11.3 Å². The molecule has 2 bridgehead atoms. The Labute approximate surface area is 233 Å². The Balaban J connectivity index is 1.15. The van der Waals surface area contributed by atoms with Crippen molar-refractivity contribution in [3.63, 3.8) is 0 Å². The topological polar surface area (TPSA) is 74.3 Å². The average molecular weight is 542 g/mol. The number of benzene rings is 2. The lowest BCUT2D eigenvalue weighted by atomic mass is 9.99. The van der Waals surface area contributed by atoms with E-state index in [1.807, 2.05) is 31.2 Å². The summed E-state index contributed by atoms with van der Waals surface area (Å²) in [5.74, 6) is 3.21. The number of hydrogen-bond donors (Lipinski definition) is 1. The lowest BCUT2D eigenvalue weighted by Gasteiger charge is -2.31. The number of piperidine rings is 1. The maximum Gasteiger partial charge on any atom is 0.254 e. The van der Waals surface area contributed by atoms with Crippen LogP contribution in [0.15, 0.2) is 54.2 Å². The van der Waals surface area contributed by atoms with Crippen LogP contribution in [0.3, 0.4) is 0 Å². The molecule has 1 amide bonds. The van der Waals surface area contributed by atoms with E-state index in [1.54, 1.807) is 35.7 Å². The average Bonchev–Trinajstić information content (AvgIpc) is 3.70. The zero-order valence-corrected chi connectivity index (χ0v) is 23.6. The molecule has 2 atom stereocenters. The van der Waals surface area contributed by atoms with Crippen molar-refractivity contribution in [3.8, 4) is 17.0 Å². The number of nitrogens with one attached hydrogen (secondary N) is 1. The molecule has 6 rings (SSSR count). The standard InChI is InChI=1S/C31H35N5O2S/c1-20-4-9-28(26(12-20)27-19-39-31(34-27)36-15-22-5-6-23(14-22)16-36)38-18-25-8-7-24(13-21(25)2)30(37)35(3)17-29-32-10-11-33-29/h4,7-13,19,22-23H,5-6,14-18H2,1-3H3,(H,32,33)/t22-,23+. The van der Waals surface area contributed by atoms with Gasteiger partial charge in [0.2, 0.25) is 0 Å². The third kappa shape index (κ3) is 5.57. The van der Waals surface area contributed by atoms with Gasteiger partial charge >= 0.3 is 0 Å². The summed E-state index contributed by atoms with van der Waals surface area (Å²) in [6.07, 6.45) is 7.58. The monoisotopic (exact) mass is 541 g/mol. The van der Waals surface area contributed by atoms with Crippen LogP contribution in [-0.4, -0.2) is 45.9 Å². The number of hydrogen-bond acceptors (Lipinski definition) is 6. The first kappa shape index (κ1) is 25.6. The zero-order chi connectivity index (χ0) is 26.9. The van der Waals surface area contributed by atoms with E-state index in [0.717, 1.165) is 64.0 Å². The van der Waals surface area contributed by atoms with E-state index in [4.69, 9.17) is 9.72 Å². The molecule has 8 heteroatoms. The largest absolute Gasteiger partial charge is 0.488 e. The lowest BCUT2D eigenvalue weighted by molar-refractivity contribution is 0.0781. The van der Waals surface area contributed by atoms with Gasteiger partial charge in [0.15, 0.2) is 5.13 Å². The molecule has 3 heterocycles. The molecule has 1 N–H and O–H groups in total. The normalized spacial score (nSPS) is 18.4. The van der Waals surface area contributed by atoms with Gasteiger partial charge in [-0.05, 0) is 80.3 Å². The summed E-state index contributed by atoms with van der Waals surface area (Å²) < 4.78 is 6.37. The number of aromatic amines is 1. The van der Waals surface area contributed by atoms with Crippen LogP contribution in [0.5, 0.6) is 5.75 Å².